The van der Waals surface area contributed by atoms with Gasteiger partial charge in [-0.3, -0.25) is 0 Å². The van der Waals surface area contributed by atoms with Crippen LogP contribution in [-0.4, -0.2) is 10.9 Å². The summed E-state index contributed by atoms with van der Waals surface area (Å²) in [5.74, 6) is -0.263. The minimum atomic E-state index is -0.263. The van der Waals surface area contributed by atoms with E-state index in [0.717, 1.165) is 0 Å². The Morgan fingerprint density at radius 2 is 2.21 bits per heavy atom. The first-order valence-electron chi connectivity index (χ1n) is 5.81. The van der Waals surface area contributed by atoms with Crippen molar-refractivity contribution < 1.29 is 8.91 Å². The number of halogens is 1. The van der Waals surface area contributed by atoms with Crippen LogP contribution < -0.4 is 5.32 Å². The Labute approximate surface area is 110 Å². The van der Waals surface area contributed by atoms with Gasteiger partial charge < -0.3 is 15.2 Å². The van der Waals surface area contributed by atoms with E-state index in [4.69, 9.17) is 9.93 Å². The predicted octanol–water partition coefficient (Wildman–Crippen LogP) is 2.98. The van der Waals surface area contributed by atoms with Crippen LogP contribution in [0, 0.1) is 11.2 Å². The summed E-state index contributed by atoms with van der Waals surface area (Å²) in [5, 5.41) is 14.4. The van der Waals surface area contributed by atoms with Gasteiger partial charge in [0.1, 0.15) is 17.8 Å². The number of aromatic nitrogens is 1. The second-order valence-corrected chi connectivity index (χ2v) is 4.07. The number of hydrogen-bond acceptors (Lipinski definition) is 4. The molecule has 98 valence electrons. The lowest BCUT2D eigenvalue weighted by atomic mass is 10.2. The first-order chi connectivity index (χ1) is 9.16. The summed E-state index contributed by atoms with van der Waals surface area (Å²) in [6.07, 6.45) is 3.08. The van der Waals surface area contributed by atoms with Gasteiger partial charge in [0.25, 0.3) is 0 Å². The fraction of sp³-hybridized carbons (Fsp3) is 0.143. The molecule has 0 amide bonds. The Kier molecular flexibility index (Phi) is 4.07. The second kappa shape index (κ2) is 5.95. The molecule has 19 heavy (non-hydrogen) atoms. The van der Waals surface area contributed by atoms with Crippen molar-refractivity contribution in [3.8, 4) is 0 Å². The van der Waals surface area contributed by atoms with Crippen LogP contribution in [0.1, 0.15) is 18.2 Å². The van der Waals surface area contributed by atoms with Gasteiger partial charge in [-0.1, -0.05) is 23.4 Å². The fourth-order valence-corrected chi connectivity index (χ4v) is 1.62. The molecule has 0 fully saturated rings. The van der Waals surface area contributed by atoms with Crippen molar-refractivity contribution >= 4 is 11.4 Å². The van der Waals surface area contributed by atoms with Gasteiger partial charge in [-0.25, -0.2) is 4.39 Å². The first kappa shape index (κ1) is 13.0. The van der Waals surface area contributed by atoms with Crippen molar-refractivity contribution in [2.75, 3.05) is 0 Å². The van der Waals surface area contributed by atoms with Gasteiger partial charge >= 0.3 is 0 Å². The quantitative estimate of drug-likeness (QED) is 0.811. The molecule has 5 heteroatoms. The minimum Gasteiger partial charge on any atom is -0.379 e. The van der Waals surface area contributed by atoms with E-state index in [1.165, 1.54) is 12.3 Å². The number of nitrogens with zero attached hydrogens (tertiary/aromatic N) is 1. The third kappa shape index (κ3) is 3.51. The molecule has 2 N–H and O–H groups in total. The lowest BCUT2D eigenvalue weighted by molar-refractivity contribution is 0.417. The molecule has 0 saturated heterocycles. The summed E-state index contributed by atoms with van der Waals surface area (Å²) >= 11 is 0. The maximum Gasteiger partial charge on any atom is 0.129 e. The molecule has 0 aliphatic carbocycles. The number of nitrogens with one attached hydrogen (secondary N) is 2. The van der Waals surface area contributed by atoms with E-state index in [9.17, 15) is 4.39 Å². The standard InChI is InChI=1S/C14H14FN3O/c1-10(16)8-14(13-6-7-19-18-13)17-9-11-4-2-3-5-12(11)15/h2-8,16-17H,9H2,1H3/b14-8-,16-10?. The summed E-state index contributed by atoms with van der Waals surface area (Å²) in [6.45, 7) is 1.98. The average molecular weight is 259 g/mol. The molecule has 4 nitrogen and oxygen atoms in total. The SMILES string of the molecule is CC(=N)/C=C(\NCc1ccccc1F)c1ccon1. The number of hydrogen-bond donors (Lipinski definition) is 2. The van der Waals surface area contributed by atoms with Crippen LogP contribution in [0.2, 0.25) is 0 Å². The van der Waals surface area contributed by atoms with Gasteiger partial charge in [0, 0.05) is 23.9 Å². The van der Waals surface area contributed by atoms with Crippen LogP contribution in [-0.2, 0) is 6.54 Å². The van der Waals surface area contributed by atoms with Gasteiger partial charge in [0.2, 0.25) is 0 Å². The fourth-order valence-electron chi connectivity index (χ4n) is 1.62. The van der Waals surface area contributed by atoms with E-state index in [1.54, 1.807) is 37.3 Å². The minimum absolute atomic E-state index is 0.263. The molecule has 1 aromatic carbocycles. The smallest absolute Gasteiger partial charge is 0.129 e. The molecule has 0 saturated carbocycles. The number of allylic oxidation sites excluding steroid dienone is 1. The molecule has 0 radical (unpaired) electrons. The lowest BCUT2D eigenvalue weighted by Gasteiger charge is -2.09. The highest BCUT2D eigenvalue weighted by Crippen LogP contribution is 2.12. The molecule has 0 bridgehead atoms. The summed E-state index contributed by atoms with van der Waals surface area (Å²) in [6, 6.07) is 8.23. The molecule has 2 aromatic rings. The van der Waals surface area contributed by atoms with Crippen LogP contribution in [0.15, 0.2) is 47.2 Å². The van der Waals surface area contributed by atoms with Gasteiger partial charge in [-0.15, -0.1) is 0 Å². The van der Waals surface area contributed by atoms with Crippen molar-refractivity contribution in [3.63, 3.8) is 0 Å². The van der Waals surface area contributed by atoms with E-state index in [2.05, 4.69) is 10.5 Å². The average Bonchev–Trinajstić information content (AvgIpc) is 2.89. The summed E-state index contributed by atoms with van der Waals surface area (Å²) in [7, 11) is 0. The molecular weight excluding hydrogens is 245 g/mol. The van der Waals surface area contributed by atoms with Crippen LogP contribution in [0.5, 0.6) is 0 Å². The van der Waals surface area contributed by atoms with Gasteiger partial charge in [0.05, 0.1) is 5.70 Å². The zero-order chi connectivity index (χ0) is 13.7. The van der Waals surface area contributed by atoms with Crippen molar-refractivity contribution in [2.24, 2.45) is 0 Å². The van der Waals surface area contributed by atoms with Crippen LogP contribution in [0.25, 0.3) is 5.70 Å². The zero-order valence-corrected chi connectivity index (χ0v) is 10.5. The highest BCUT2D eigenvalue weighted by atomic mass is 19.1. The Hall–Kier alpha value is -2.43. The molecule has 0 unspecified atom stereocenters. The third-order valence-electron chi connectivity index (χ3n) is 2.50. The molecule has 0 aliphatic rings. The molecule has 1 aromatic heterocycles. The third-order valence-corrected chi connectivity index (χ3v) is 2.50. The van der Waals surface area contributed by atoms with Gasteiger partial charge in [0.15, 0.2) is 0 Å². The maximum absolute atomic E-state index is 13.5. The van der Waals surface area contributed by atoms with Gasteiger partial charge in [-0.2, -0.15) is 0 Å². The molecule has 0 spiro atoms. The van der Waals surface area contributed by atoms with Crippen molar-refractivity contribution in [2.45, 2.75) is 13.5 Å². The molecule has 0 aliphatic heterocycles. The van der Waals surface area contributed by atoms with Crippen LogP contribution in [0.4, 0.5) is 4.39 Å². The van der Waals surface area contributed by atoms with E-state index >= 15 is 0 Å². The number of rotatable bonds is 5. The van der Waals surface area contributed by atoms with E-state index in [-0.39, 0.29) is 5.82 Å². The molecule has 1 heterocycles. The maximum atomic E-state index is 13.5. The highest BCUT2D eigenvalue weighted by Gasteiger charge is 2.07. The topological polar surface area (TPSA) is 61.9 Å². The highest BCUT2D eigenvalue weighted by molar-refractivity contribution is 5.96. The number of benzene rings is 1. The summed E-state index contributed by atoms with van der Waals surface area (Å²) < 4.78 is 18.3. The van der Waals surface area contributed by atoms with Crippen LogP contribution in [0.3, 0.4) is 0 Å². The molecule has 0 atom stereocenters. The summed E-state index contributed by atoms with van der Waals surface area (Å²) in [4.78, 5) is 0. The van der Waals surface area contributed by atoms with Crippen molar-refractivity contribution in [3.05, 3.63) is 59.7 Å². The Morgan fingerprint density at radius 3 is 2.84 bits per heavy atom. The second-order valence-electron chi connectivity index (χ2n) is 4.07. The lowest BCUT2D eigenvalue weighted by Crippen LogP contribution is -2.14. The summed E-state index contributed by atoms with van der Waals surface area (Å²) in [5.41, 5.74) is 2.14. The largest absolute Gasteiger partial charge is 0.379 e. The van der Waals surface area contributed by atoms with E-state index in [0.29, 0.717) is 29.2 Å². The molecular formula is C14H14FN3O. The Bertz CT molecular complexity index is 590. The predicted molar refractivity (Wildman–Crippen MR) is 71.1 cm³/mol. The van der Waals surface area contributed by atoms with E-state index in [1.807, 2.05) is 0 Å². The monoisotopic (exact) mass is 259 g/mol. The first-order valence-corrected chi connectivity index (χ1v) is 5.81. The Balaban J connectivity index is 2.14. The Morgan fingerprint density at radius 1 is 1.42 bits per heavy atom. The van der Waals surface area contributed by atoms with Gasteiger partial charge in [-0.05, 0) is 19.1 Å². The van der Waals surface area contributed by atoms with Crippen LogP contribution >= 0.6 is 0 Å². The zero-order valence-electron chi connectivity index (χ0n) is 10.5. The van der Waals surface area contributed by atoms with Crippen molar-refractivity contribution in [1.82, 2.24) is 10.5 Å². The molecule has 2 rings (SSSR count). The normalized spacial score (nSPS) is 11.4. The van der Waals surface area contributed by atoms with Crippen molar-refractivity contribution in [1.29, 1.82) is 5.41 Å². The van der Waals surface area contributed by atoms with E-state index < -0.39 is 0 Å².